The first kappa shape index (κ1) is 13.1. The predicted molar refractivity (Wildman–Crippen MR) is 77.8 cm³/mol. The van der Waals surface area contributed by atoms with Crippen LogP contribution in [0.15, 0.2) is 48.7 Å². The Bertz CT molecular complexity index is 831. The number of aromatic nitrogens is 2. The summed E-state index contributed by atoms with van der Waals surface area (Å²) in [7, 11) is 0. The van der Waals surface area contributed by atoms with Gasteiger partial charge in [-0.15, -0.1) is 0 Å². The molecule has 0 atom stereocenters. The Labute approximate surface area is 120 Å². The first-order chi connectivity index (χ1) is 10.1. The zero-order chi connectivity index (χ0) is 14.8. The van der Waals surface area contributed by atoms with Gasteiger partial charge in [0.15, 0.2) is 0 Å². The summed E-state index contributed by atoms with van der Waals surface area (Å²) in [5.41, 5.74) is 2.50. The average Bonchev–Trinajstić information content (AvgIpc) is 2.49. The Balaban J connectivity index is 1.98. The van der Waals surface area contributed by atoms with E-state index in [-0.39, 0.29) is 5.56 Å². The van der Waals surface area contributed by atoms with Gasteiger partial charge in [-0.3, -0.25) is 0 Å². The Kier molecular flexibility index (Phi) is 3.23. The van der Waals surface area contributed by atoms with Crippen LogP contribution in [0.2, 0.25) is 0 Å². The number of aryl methyl sites for hydroxylation is 1. The Hall–Kier alpha value is -2.95. The number of carbonyl (C=O) groups is 1. The van der Waals surface area contributed by atoms with Crippen molar-refractivity contribution in [2.75, 3.05) is 0 Å². The van der Waals surface area contributed by atoms with Crippen LogP contribution in [-0.2, 0) is 0 Å². The first-order valence-electron chi connectivity index (χ1n) is 6.37. The molecule has 1 heterocycles. The summed E-state index contributed by atoms with van der Waals surface area (Å²) in [5.74, 6) is -0.205. The maximum atomic E-state index is 11.0. The van der Waals surface area contributed by atoms with E-state index in [1.54, 1.807) is 6.07 Å². The Morgan fingerprint density at radius 1 is 1.14 bits per heavy atom. The summed E-state index contributed by atoms with van der Waals surface area (Å²) in [6, 6.07) is 12.2. The highest BCUT2D eigenvalue weighted by atomic mass is 16.5. The zero-order valence-corrected chi connectivity index (χ0v) is 11.3. The largest absolute Gasteiger partial charge is 0.478 e. The maximum absolute atomic E-state index is 11.0. The number of rotatable bonds is 3. The van der Waals surface area contributed by atoms with Gasteiger partial charge in [-0.2, -0.15) is 0 Å². The second-order valence-corrected chi connectivity index (χ2v) is 4.58. The minimum absolute atomic E-state index is 0.171. The number of benzene rings is 2. The highest BCUT2D eigenvalue weighted by molar-refractivity contribution is 5.88. The average molecular weight is 280 g/mol. The van der Waals surface area contributed by atoms with Gasteiger partial charge in [0.2, 0.25) is 5.88 Å². The van der Waals surface area contributed by atoms with Gasteiger partial charge in [-0.05, 0) is 36.8 Å². The molecule has 0 radical (unpaired) electrons. The molecule has 2 aromatic carbocycles. The third-order valence-corrected chi connectivity index (χ3v) is 3.08. The smallest absolute Gasteiger partial charge is 0.335 e. The van der Waals surface area contributed by atoms with E-state index in [0.717, 1.165) is 16.6 Å². The van der Waals surface area contributed by atoms with Crippen LogP contribution in [0.4, 0.5) is 0 Å². The molecule has 3 rings (SSSR count). The molecule has 0 saturated carbocycles. The van der Waals surface area contributed by atoms with Crippen LogP contribution in [-0.4, -0.2) is 21.0 Å². The topological polar surface area (TPSA) is 72.3 Å². The molecule has 5 heteroatoms. The first-order valence-corrected chi connectivity index (χ1v) is 6.37. The summed E-state index contributed by atoms with van der Waals surface area (Å²) >= 11 is 0. The fourth-order valence-electron chi connectivity index (χ4n) is 1.95. The number of nitrogens with zero attached hydrogens (tertiary/aromatic N) is 2. The van der Waals surface area contributed by atoms with Gasteiger partial charge in [0.05, 0.1) is 22.8 Å². The van der Waals surface area contributed by atoms with Gasteiger partial charge < -0.3 is 9.84 Å². The van der Waals surface area contributed by atoms with Gasteiger partial charge in [-0.1, -0.05) is 18.2 Å². The lowest BCUT2D eigenvalue weighted by Gasteiger charge is -2.09. The van der Waals surface area contributed by atoms with Crippen molar-refractivity contribution >= 4 is 17.0 Å². The number of carboxylic acids is 1. The Morgan fingerprint density at radius 2 is 1.90 bits per heavy atom. The lowest BCUT2D eigenvalue weighted by atomic mass is 10.1. The normalized spacial score (nSPS) is 10.5. The van der Waals surface area contributed by atoms with Crippen molar-refractivity contribution in [3.8, 4) is 11.6 Å². The lowest BCUT2D eigenvalue weighted by molar-refractivity contribution is 0.0696. The van der Waals surface area contributed by atoms with Gasteiger partial charge in [-0.25, -0.2) is 14.8 Å². The fraction of sp³-hybridized carbons (Fsp3) is 0.0625. The minimum atomic E-state index is -0.996. The molecule has 1 N–H and O–H groups in total. The van der Waals surface area contributed by atoms with Crippen LogP contribution in [0.25, 0.3) is 11.0 Å². The molecule has 1 aromatic heterocycles. The molecule has 0 saturated heterocycles. The summed E-state index contributed by atoms with van der Waals surface area (Å²) < 4.78 is 5.67. The third-order valence-electron chi connectivity index (χ3n) is 3.08. The van der Waals surface area contributed by atoms with Crippen molar-refractivity contribution in [2.24, 2.45) is 0 Å². The van der Waals surface area contributed by atoms with E-state index >= 15 is 0 Å². The van der Waals surface area contributed by atoms with Crippen LogP contribution < -0.4 is 4.74 Å². The fourth-order valence-corrected chi connectivity index (χ4v) is 1.95. The monoisotopic (exact) mass is 280 g/mol. The van der Waals surface area contributed by atoms with E-state index in [2.05, 4.69) is 9.97 Å². The minimum Gasteiger partial charge on any atom is -0.478 e. The number of hydrogen-bond donors (Lipinski definition) is 1. The van der Waals surface area contributed by atoms with Gasteiger partial charge in [0.25, 0.3) is 0 Å². The molecule has 104 valence electrons. The van der Waals surface area contributed by atoms with Gasteiger partial charge >= 0.3 is 5.97 Å². The molecular weight excluding hydrogens is 268 g/mol. The summed E-state index contributed by atoms with van der Waals surface area (Å²) in [4.78, 5) is 19.6. The second kappa shape index (κ2) is 5.20. The van der Waals surface area contributed by atoms with Crippen molar-refractivity contribution in [1.82, 2.24) is 9.97 Å². The number of fused-ring (bicyclic) bond motifs is 1. The number of hydrogen-bond acceptors (Lipinski definition) is 4. The van der Waals surface area contributed by atoms with Crippen LogP contribution in [0.3, 0.4) is 0 Å². The summed E-state index contributed by atoms with van der Waals surface area (Å²) in [5, 5.41) is 9.02. The molecule has 3 aromatic rings. The summed E-state index contributed by atoms with van der Waals surface area (Å²) in [6.07, 6.45) is 1.52. The molecule has 0 aliphatic rings. The molecule has 0 amide bonds. The molecule has 0 bridgehead atoms. The van der Waals surface area contributed by atoms with Crippen molar-refractivity contribution in [3.05, 3.63) is 59.8 Å². The predicted octanol–water partition coefficient (Wildman–Crippen LogP) is 3.43. The third kappa shape index (κ3) is 2.67. The summed E-state index contributed by atoms with van der Waals surface area (Å²) in [6.45, 7) is 1.84. The van der Waals surface area contributed by atoms with E-state index < -0.39 is 5.97 Å². The Morgan fingerprint density at radius 3 is 2.67 bits per heavy atom. The van der Waals surface area contributed by atoms with Crippen LogP contribution in [0.1, 0.15) is 15.9 Å². The second-order valence-electron chi connectivity index (χ2n) is 4.58. The molecular formula is C16H12N2O3. The number of carboxylic acid groups (broad SMARTS) is 1. The SMILES string of the molecule is Cc1ccc(C(=O)O)cc1Oc1cnc2ccccc2n1. The number of para-hydroxylation sites is 2. The number of ether oxygens (including phenoxy) is 1. The zero-order valence-electron chi connectivity index (χ0n) is 11.3. The molecule has 5 nitrogen and oxygen atoms in total. The number of aromatic carboxylic acids is 1. The van der Waals surface area contributed by atoms with Crippen molar-refractivity contribution < 1.29 is 14.6 Å². The molecule has 21 heavy (non-hydrogen) atoms. The van der Waals surface area contributed by atoms with Crippen LogP contribution in [0.5, 0.6) is 11.6 Å². The molecule has 0 unspecified atom stereocenters. The van der Waals surface area contributed by atoms with E-state index in [4.69, 9.17) is 9.84 Å². The molecule has 0 aliphatic heterocycles. The van der Waals surface area contributed by atoms with E-state index in [1.807, 2.05) is 31.2 Å². The molecule has 0 spiro atoms. The quantitative estimate of drug-likeness (QED) is 0.795. The molecule has 0 fully saturated rings. The van der Waals surface area contributed by atoms with E-state index in [0.29, 0.717) is 11.6 Å². The van der Waals surface area contributed by atoms with Crippen molar-refractivity contribution in [2.45, 2.75) is 6.92 Å². The maximum Gasteiger partial charge on any atom is 0.335 e. The lowest BCUT2D eigenvalue weighted by Crippen LogP contribution is -1.98. The van der Waals surface area contributed by atoms with E-state index in [9.17, 15) is 4.79 Å². The highest BCUT2D eigenvalue weighted by Gasteiger charge is 2.09. The van der Waals surface area contributed by atoms with Crippen LogP contribution >= 0.6 is 0 Å². The van der Waals surface area contributed by atoms with Crippen molar-refractivity contribution in [1.29, 1.82) is 0 Å². The van der Waals surface area contributed by atoms with Crippen molar-refractivity contribution in [3.63, 3.8) is 0 Å². The van der Waals surface area contributed by atoms with Gasteiger partial charge in [0.1, 0.15) is 5.75 Å². The molecule has 0 aliphatic carbocycles. The standard InChI is InChI=1S/C16H12N2O3/c1-10-6-7-11(16(19)20)8-14(10)21-15-9-17-12-4-2-3-5-13(12)18-15/h2-9H,1H3,(H,19,20). The van der Waals surface area contributed by atoms with Crippen LogP contribution in [0, 0.1) is 6.92 Å². The highest BCUT2D eigenvalue weighted by Crippen LogP contribution is 2.25. The van der Waals surface area contributed by atoms with Gasteiger partial charge in [0, 0.05) is 0 Å². The van der Waals surface area contributed by atoms with E-state index in [1.165, 1.54) is 18.3 Å².